The number of carboxylic acids is 1. The number of carbonyl (C=O) groups is 2. The highest BCUT2D eigenvalue weighted by Crippen LogP contribution is 2.17. The highest BCUT2D eigenvalue weighted by Gasteiger charge is 2.28. The Labute approximate surface area is 100 Å². The van der Waals surface area contributed by atoms with Crippen molar-refractivity contribution >= 4 is 12.0 Å². The fraction of sp³-hybridized carbons (Fsp3) is 0.667. The topological polar surface area (TPSA) is 69.6 Å². The summed E-state index contributed by atoms with van der Waals surface area (Å²) in [5.41, 5.74) is 0. The van der Waals surface area contributed by atoms with E-state index in [1.165, 1.54) is 0 Å². The number of aliphatic carboxylic acids is 1. The van der Waals surface area contributed by atoms with E-state index in [4.69, 9.17) is 5.11 Å². The molecule has 0 spiro atoms. The van der Waals surface area contributed by atoms with Crippen LogP contribution < -0.4 is 5.32 Å². The van der Waals surface area contributed by atoms with Crippen molar-refractivity contribution < 1.29 is 14.7 Å². The van der Waals surface area contributed by atoms with Crippen LogP contribution in [0, 0.1) is 5.92 Å². The molecule has 1 atom stereocenters. The molecule has 17 heavy (non-hydrogen) atoms. The molecule has 2 amide bonds. The third-order valence-corrected chi connectivity index (χ3v) is 3.39. The smallest absolute Gasteiger partial charge is 0.317 e. The van der Waals surface area contributed by atoms with Crippen molar-refractivity contribution in [2.45, 2.75) is 31.7 Å². The summed E-state index contributed by atoms with van der Waals surface area (Å²) in [7, 11) is 0. The zero-order valence-electron chi connectivity index (χ0n) is 9.76. The Kier molecular flexibility index (Phi) is 3.66. The van der Waals surface area contributed by atoms with Gasteiger partial charge in [0.25, 0.3) is 0 Å². The van der Waals surface area contributed by atoms with Crippen LogP contribution in [0.5, 0.6) is 0 Å². The molecule has 1 unspecified atom stereocenters. The number of urea groups is 1. The molecule has 1 saturated heterocycles. The number of rotatable bonds is 2. The lowest BCUT2D eigenvalue weighted by Crippen LogP contribution is -2.49. The van der Waals surface area contributed by atoms with Crippen molar-refractivity contribution in [1.82, 2.24) is 10.2 Å². The molecule has 2 rings (SSSR count). The predicted molar refractivity (Wildman–Crippen MR) is 62.6 cm³/mol. The number of carboxylic acid groups (broad SMARTS) is 1. The standard InChI is InChI=1S/C12H18N2O3/c15-11(16)9-4-3-7-14(8-9)12(17)13-10-5-1-2-6-10/h1-2,9-10H,3-8H2,(H,13,17)(H,15,16). The molecule has 5 nitrogen and oxygen atoms in total. The number of nitrogens with one attached hydrogen (secondary N) is 1. The second-order valence-corrected chi connectivity index (χ2v) is 4.71. The maximum Gasteiger partial charge on any atom is 0.317 e. The molecule has 0 aromatic carbocycles. The number of likely N-dealkylation sites (tertiary alicyclic amines) is 1. The first-order chi connectivity index (χ1) is 8.16. The molecule has 1 aliphatic heterocycles. The summed E-state index contributed by atoms with van der Waals surface area (Å²) in [6, 6.07) is 0.0670. The summed E-state index contributed by atoms with van der Waals surface area (Å²) >= 11 is 0. The molecule has 0 radical (unpaired) electrons. The van der Waals surface area contributed by atoms with Gasteiger partial charge in [0, 0.05) is 19.1 Å². The average Bonchev–Trinajstić information content (AvgIpc) is 2.82. The summed E-state index contributed by atoms with van der Waals surface area (Å²) in [5, 5.41) is 11.9. The fourth-order valence-corrected chi connectivity index (χ4v) is 2.36. The van der Waals surface area contributed by atoms with Crippen LogP contribution in [0.25, 0.3) is 0 Å². The molecule has 0 saturated carbocycles. The van der Waals surface area contributed by atoms with Crippen LogP contribution in [0.15, 0.2) is 12.2 Å². The van der Waals surface area contributed by atoms with Gasteiger partial charge in [-0.25, -0.2) is 4.79 Å². The minimum atomic E-state index is -0.801. The molecule has 0 bridgehead atoms. The molecule has 2 aliphatic rings. The predicted octanol–water partition coefficient (Wildman–Crippen LogP) is 1.21. The molecule has 0 aromatic heterocycles. The first kappa shape index (κ1) is 12.0. The van der Waals surface area contributed by atoms with Crippen LogP contribution in [-0.4, -0.2) is 41.1 Å². The minimum Gasteiger partial charge on any atom is -0.481 e. The Hall–Kier alpha value is -1.52. The van der Waals surface area contributed by atoms with Gasteiger partial charge in [-0.15, -0.1) is 0 Å². The van der Waals surface area contributed by atoms with E-state index in [9.17, 15) is 9.59 Å². The quantitative estimate of drug-likeness (QED) is 0.710. The Bertz CT molecular complexity index is 333. The molecule has 1 aliphatic carbocycles. The number of hydrogen-bond acceptors (Lipinski definition) is 2. The lowest BCUT2D eigenvalue weighted by atomic mass is 9.99. The van der Waals surface area contributed by atoms with Gasteiger partial charge in [-0.3, -0.25) is 4.79 Å². The number of amides is 2. The largest absolute Gasteiger partial charge is 0.481 e. The summed E-state index contributed by atoms with van der Waals surface area (Å²) in [6.45, 7) is 0.997. The van der Waals surface area contributed by atoms with Crippen molar-refractivity contribution in [2.75, 3.05) is 13.1 Å². The summed E-state index contributed by atoms with van der Waals surface area (Å²) in [4.78, 5) is 24.4. The van der Waals surface area contributed by atoms with Crippen LogP contribution in [0.1, 0.15) is 25.7 Å². The fourth-order valence-electron chi connectivity index (χ4n) is 2.36. The number of piperidine rings is 1. The minimum absolute atomic E-state index is 0.121. The number of carbonyl (C=O) groups excluding carboxylic acids is 1. The highest BCUT2D eigenvalue weighted by molar-refractivity contribution is 5.76. The van der Waals surface area contributed by atoms with E-state index in [2.05, 4.69) is 17.5 Å². The normalized spacial score (nSPS) is 24.9. The Morgan fingerprint density at radius 2 is 2.00 bits per heavy atom. The Morgan fingerprint density at radius 3 is 2.65 bits per heavy atom. The van der Waals surface area contributed by atoms with Crippen LogP contribution in [-0.2, 0) is 4.79 Å². The molecule has 1 fully saturated rings. The maximum absolute atomic E-state index is 11.9. The molecule has 1 heterocycles. The first-order valence-electron chi connectivity index (χ1n) is 6.10. The monoisotopic (exact) mass is 238 g/mol. The van der Waals surface area contributed by atoms with Gasteiger partial charge in [-0.1, -0.05) is 12.2 Å². The summed E-state index contributed by atoms with van der Waals surface area (Å²) < 4.78 is 0. The molecule has 94 valence electrons. The number of nitrogens with zero attached hydrogens (tertiary/aromatic N) is 1. The Balaban J connectivity index is 1.84. The van der Waals surface area contributed by atoms with E-state index in [-0.39, 0.29) is 12.1 Å². The zero-order valence-corrected chi connectivity index (χ0v) is 9.76. The van der Waals surface area contributed by atoms with Crippen LogP contribution in [0.4, 0.5) is 4.79 Å². The van der Waals surface area contributed by atoms with Gasteiger partial charge in [-0.05, 0) is 25.7 Å². The van der Waals surface area contributed by atoms with Gasteiger partial charge in [0.05, 0.1) is 5.92 Å². The second kappa shape index (κ2) is 5.21. The average molecular weight is 238 g/mol. The molecule has 5 heteroatoms. The summed E-state index contributed by atoms with van der Waals surface area (Å²) in [5.74, 6) is -1.21. The van der Waals surface area contributed by atoms with Gasteiger partial charge >= 0.3 is 12.0 Å². The number of hydrogen-bond donors (Lipinski definition) is 2. The zero-order chi connectivity index (χ0) is 12.3. The summed E-state index contributed by atoms with van der Waals surface area (Å²) in [6.07, 6.45) is 7.31. The van der Waals surface area contributed by atoms with Crippen molar-refractivity contribution in [3.8, 4) is 0 Å². The van der Waals surface area contributed by atoms with Crippen LogP contribution in [0.2, 0.25) is 0 Å². The van der Waals surface area contributed by atoms with E-state index in [1.54, 1.807) is 4.90 Å². The highest BCUT2D eigenvalue weighted by atomic mass is 16.4. The molecular formula is C12H18N2O3. The maximum atomic E-state index is 11.9. The van der Waals surface area contributed by atoms with Gasteiger partial charge in [0.1, 0.15) is 0 Å². The van der Waals surface area contributed by atoms with E-state index in [1.807, 2.05) is 0 Å². The van der Waals surface area contributed by atoms with E-state index < -0.39 is 11.9 Å². The third kappa shape index (κ3) is 2.99. The lowest BCUT2D eigenvalue weighted by Gasteiger charge is -2.31. The Morgan fingerprint density at radius 1 is 1.29 bits per heavy atom. The molecule has 0 aromatic rings. The second-order valence-electron chi connectivity index (χ2n) is 4.71. The lowest BCUT2D eigenvalue weighted by molar-refractivity contribution is -0.143. The van der Waals surface area contributed by atoms with Gasteiger partial charge in [0.2, 0.25) is 0 Å². The van der Waals surface area contributed by atoms with Crippen molar-refractivity contribution in [2.24, 2.45) is 5.92 Å². The van der Waals surface area contributed by atoms with Crippen molar-refractivity contribution in [3.63, 3.8) is 0 Å². The van der Waals surface area contributed by atoms with E-state index >= 15 is 0 Å². The first-order valence-corrected chi connectivity index (χ1v) is 6.10. The van der Waals surface area contributed by atoms with Gasteiger partial charge < -0.3 is 15.3 Å². The van der Waals surface area contributed by atoms with Crippen molar-refractivity contribution in [3.05, 3.63) is 12.2 Å². The molecule has 2 N–H and O–H groups in total. The third-order valence-electron chi connectivity index (χ3n) is 3.39. The van der Waals surface area contributed by atoms with Crippen molar-refractivity contribution in [1.29, 1.82) is 0 Å². The van der Waals surface area contributed by atoms with Gasteiger partial charge in [0.15, 0.2) is 0 Å². The van der Waals surface area contributed by atoms with E-state index in [0.717, 1.165) is 19.3 Å². The van der Waals surface area contributed by atoms with E-state index in [0.29, 0.717) is 19.5 Å². The van der Waals surface area contributed by atoms with Gasteiger partial charge in [-0.2, -0.15) is 0 Å². The van der Waals surface area contributed by atoms with Crippen LogP contribution in [0.3, 0.4) is 0 Å². The SMILES string of the molecule is O=C(O)C1CCCN(C(=O)NC2CC=CC2)C1. The van der Waals surface area contributed by atoms with Crippen LogP contribution >= 0.6 is 0 Å². The molecular weight excluding hydrogens is 220 g/mol.